The molecular weight excluding hydrogens is 252 g/mol. The largest absolute Gasteiger partial charge is 0.481 e. The first kappa shape index (κ1) is 14.6. The molecule has 0 radical (unpaired) electrons. The summed E-state index contributed by atoms with van der Waals surface area (Å²) in [5.74, 6) is -0.775. The molecule has 4 heteroatoms. The van der Waals surface area contributed by atoms with Gasteiger partial charge in [0.2, 0.25) is 0 Å². The number of nitrogens with zero attached hydrogens (tertiary/aromatic N) is 1. The molecule has 0 atom stereocenters. The van der Waals surface area contributed by atoms with E-state index in [0.29, 0.717) is 6.54 Å². The average Bonchev–Trinajstić information content (AvgIpc) is 2.74. The number of rotatable bonds is 6. The zero-order chi connectivity index (χ0) is 14.8. The molecule has 2 aromatic rings. The van der Waals surface area contributed by atoms with Gasteiger partial charge in [-0.15, -0.1) is 0 Å². The number of carboxylic acids is 1. The van der Waals surface area contributed by atoms with Crippen LogP contribution < -0.4 is 5.32 Å². The van der Waals surface area contributed by atoms with E-state index in [1.165, 1.54) is 10.9 Å². The number of nitrogens with one attached hydrogen (secondary N) is 1. The first-order valence-electron chi connectivity index (χ1n) is 6.96. The van der Waals surface area contributed by atoms with Crippen LogP contribution in [-0.2, 0) is 17.9 Å². The van der Waals surface area contributed by atoms with Gasteiger partial charge in [0.05, 0.1) is 5.41 Å². The number of aliphatic carboxylic acids is 1. The van der Waals surface area contributed by atoms with Crippen molar-refractivity contribution in [3.05, 3.63) is 36.0 Å². The summed E-state index contributed by atoms with van der Waals surface area (Å²) in [6.45, 7) is 7.78. The number of carbonyl (C=O) groups is 1. The average molecular weight is 274 g/mol. The van der Waals surface area contributed by atoms with Crippen molar-refractivity contribution in [2.24, 2.45) is 5.41 Å². The number of hydrogen-bond donors (Lipinski definition) is 2. The Hall–Kier alpha value is -1.81. The summed E-state index contributed by atoms with van der Waals surface area (Å²) >= 11 is 0. The molecule has 2 N–H and O–H groups in total. The van der Waals surface area contributed by atoms with Crippen LogP contribution in [0.25, 0.3) is 10.9 Å². The van der Waals surface area contributed by atoms with Crippen LogP contribution in [0.2, 0.25) is 0 Å². The van der Waals surface area contributed by atoms with Gasteiger partial charge in [-0.3, -0.25) is 4.79 Å². The number of hydrogen-bond acceptors (Lipinski definition) is 2. The van der Waals surface area contributed by atoms with Crippen molar-refractivity contribution in [1.82, 2.24) is 9.88 Å². The molecule has 1 heterocycles. The molecule has 1 aromatic heterocycles. The van der Waals surface area contributed by atoms with E-state index in [2.05, 4.69) is 29.1 Å². The molecule has 2 rings (SSSR count). The second-order valence-corrected chi connectivity index (χ2v) is 5.77. The summed E-state index contributed by atoms with van der Waals surface area (Å²) in [5, 5.41) is 13.8. The quantitative estimate of drug-likeness (QED) is 0.851. The van der Waals surface area contributed by atoms with E-state index in [4.69, 9.17) is 0 Å². The van der Waals surface area contributed by atoms with E-state index in [-0.39, 0.29) is 0 Å². The maximum absolute atomic E-state index is 11.3. The Morgan fingerprint density at radius 2 is 2.05 bits per heavy atom. The van der Waals surface area contributed by atoms with Crippen LogP contribution in [0.15, 0.2) is 30.5 Å². The number of carboxylic acid groups (broad SMARTS) is 1. The number of benzene rings is 1. The van der Waals surface area contributed by atoms with Gasteiger partial charge in [0.1, 0.15) is 0 Å². The van der Waals surface area contributed by atoms with Crippen LogP contribution in [0.5, 0.6) is 0 Å². The molecule has 0 aliphatic rings. The van der Waals surface area contributed by atoms with Gasteiger partial charge in [-0.2, -0.15) is 0 Å². The van der Waals surface area contributed by atoms with Crippen molar-refractivity contribution in [3.8, 4) is 0 Å². The van der Waals surface area contributed by atoms with Crippen LogP contribution in [0.3, 0.4) is 0 Å². The molecule has 108 valence electrons. The molecule has 0 saturated heterocycles. The second kappa shape index (κ2) is 5.67. The summed E-state index contributed by atoms with van der Waals surface area (Å²) in [4.78, 5) is 11.3. The molecule has 4 nitrogen and oxygen atoms in total. The van der Waals surface area contributed by atoms with Gasteiger partial charge >= 0.3 is 5.97 Å². The molecule has 1 aromatic carbocycles. The van der Waals surface area contributed by atoms with Crippen molar-refractivity contribution in [2.75, 3.05) is 6.54 Å². The molecule has 0 saturated carbocycles. The van der Waals surface area contributed by atoms with E-state index in [1.807, 2.05) is 18.2 Å². The lowest BCUT2D eigenvalue weighted by atomic mass is 9.94. The predicted molar refractivity (Wildman–Crippen MR) is 80.7 cm³/mol. The zero-order valence-electron chi connectivity index (χ0n) is 12.3. The maximum Gasteiger partial charge on any atom is 0.310 e. The first-order chi connectivity index (χ1) is 9.45. The summed E-state index contributed by atoms with van der Waals surface area (Å²) in [7, 11) is 0. The topological polar surface area (TPSA) is 54.3 Å². The smallest absolute Gasteiger partial charge is 0.310 e. The summed E-state index contributed by atoms with van der Waals surface area (Å²) in [5.41, 5.74) is 1.52. The lowest BCUT2D eigenvalue weighted by molar-refractivity contribution is -0.147. The van der Waals surface area contributed by atoms with Crippen molar-refractivity contribution in [2.45, 2.75) is 33.9 Å². The highest BCUT2D eigenvalue weighted by Gasteiger charge is 2.28. The van der Waals surface area contributed by atoms with E-state index in [0.717, 1.165) is 18.6 Å². The molecule has 0 fully saturated rings. The van der Waals surface area contributed by atoms with Gasteiger partial charge in [0.15, 0.2) is 0 Å². The summed E-state index contributed by atoms with van der Waals surface area (Å²) in [6, 6.07) is 8.14. The normalized spacial score (nSPS) is 11.9. The molecule has 0 aliphatic carbocycles. The fourth-order valence-electron chi connectivity index (χ4n) is 2.35. The molecule has 0 aliphatic heterocycles. The molecule has 0 amide bonds. The Morgan fingerprint density at radius 3 is 2.70 bits per heavy atom. The Balaban J connectivity index is 2.41. The van der Waals surface area contributed by atoms with Crippen molar-refractivity contribution in [1.29, 1.82) is 0 Å². The molecular formula is C16H22N2O2. The number of para-hydroxylation sites is 1. The standard InChI is InChI=1S/C16H22N2O2/c1-4-17-9-12-10-18(11-16(2,3)15(19)20)14-8-6-5-7-13(12)14/h5-8,10,17H,4,9,11H2,1-3H3,(H,19,20). The van der Waals surface area contributed by atoms with E-state index >= 15 is 0 Å². The van der Waals surface area contributed by atoms with E-state index < -0.39 is 11.4 Å². The lowest BCUT2D eigenvalue weighted by Gasteiger charge is -2.20. The summed E-state index contributed by atoms with van der Waals surface area (Å²) < 4.78 is 2.05. The second-order valence-electron chi connectivity index (χ2n) is 5.77. The SMILES string of the molecule is CCNCc1cn(CC(C)(C)C(=O)O)c2ccccc12. The fraction of sp³-hybridized carbons (Fsp3) is 0.438. The highest BCUT2D eigenvalue weighted by molar-refractivity contribution is 5.84. The molecule has 0 spiro atoms. The fourth-order valence-corrected chi connectivity index (χ4v) is 2.35. The number of fused-ring (bicyclic) bond motifs is 1. The van der Waals surface area contributed by atoms with Gasteiger partial charge in [-0.05, 0) is 32.0 Å². The van der Waals surface area contributed by atoms with Gasteiger partial charge < -0.3 is 15.0 Å². The van der Waals surface area contributed by atoms with Crippen LogP contribution in [0, 0.1) is 5.41 Å². The van der Waals surface area contributed by atoms with Gasteiger partial charge in [0, 0.05) is 30.2 Å². The number of aromatic nitrogens is 1. The minimum atomic E-state index is -0.781. The monoisotopic (exact) mass is 274 g/mol. The third-order valence-corrected chi connectivity index (χ3v) is 3.58. The predicted octanol–water partition coefficient (Wildman–Crippen LogP) is 2.86. The van der Waals surface area contributed by atoms with Crippen molar-refractivity contribution >= 4 is 16.9 Å². The van der Waals surface area contributed by atoms with Gasteiger partial charge in [-0.25, -0.2) is 0 Å². The van der Waals surface area contributed by atoms with Crippen molar-refractivity contribution in [3.63, 3.8) is 0 Å². The Morgan fingerprint density at radius 1 is 1.35 bits per heavy atom. The Kier molecular flexibility index (Phi) is 4.14. The highest BCUT2D eigenvalue weighted by atomic mass is 16.4. The highest BCUT2D eigenvalue weighted by Crippen LogP contribution is 2.26. The van der Waals surface area contributed by atoms with Crippen LogP contribution in [0.1, 0.15) is 26.3 Å². The third-order valence-electron chi connectivity index (χ3n) is 3.58. The van der Waals surface area contributed by atoms with Crippen LogP contribution >= 0.6 is 0 Å². The van der Waals surface area contributed by atoms with Crippen LogP contribution in [-0.4, -0.2) is 22.2 Å². The maximum atomic E-state index is 11.3. The molecule has 0 bridgehead atoms. The van der Waals surface area contributed by atoms with Gasteiger partial charge in [0.25, 0.3) is 0 Å². The lowest BCUT2D eigenvalue weighted by Crippen LogP contribution is -2.28. The Labute approximate surface area is 119 Å². The molecule has 0 unspecified atom stereocenters. The van der Waals surface area contributed by atoms with Gasteiger partial charge in [-0.1, -0.05) is 25.1 Å². The zero-order valence-corrected chi connectivity index (χ0v) is 12.3. The van der Waals surface area contributed by atoms with E-state index in [1.54, 1.807) is 13.8 Å². The third kappa shape index (κ3) is 2.85. The summed E-state index contributed by atoms with van der Waals surface area (Å²) in [6.07, 6.45) is 2.07. The van der Waals surface area contributed by atoms with Crippen LogP contribution in [0.4, 0.5) is 0 Å². The Bertz CT molecular complexity index is 614. The minimum Gasteiger partial charge on any atom is -0.481 e. The first-order valence-corrected chi connectivity index (χ1v) is 6.96. The molecule has 20 heavy (non-hydrogen) atoms. The van der Waals surface area contributed by atoms with Crippen molar-refractivity contribution < 1.29 is 9.90 Å². The van der Waals surface area contributed by atoms with E-state index in [9.17, 15) is 9.90 Å². The minimum absolute atomic E-state index is 0.467.